The number of hydrogen-bond acceptors (Lipinski definition) is 7. The molecule has 47 heavy (non-hydrogen) atoms. The molecule has 2 aromatic carbocycles. The van der Waals surface area contributed by atoms with Crippen molar-refractivity contribution in [3.63, 3.8) is 0 Å². The van der Waals surface area contributed by atoms with Crippen LogP contribution in [0, 0.1) is 13.8 Å². The van der Waals surface area contributed by atoms with Crippen LogP contribution in [0.1, 0.15) is 41.0 Å². The van der Waals surface area contributed by atoms with E-state index in [2.05, 4.69) is 25.6 Å². The lowest BCUT2D eigenvalue weighted by molar-refractivity contribution is -0.727. The lowest BCUT2D eigenvalue weighted by Gasteiger charge is -2.13. The number of imidazole rings is 1. The molecule has 0 bridgehead atoms. The predicted molar refractivity (Wildman–Crippen MR) is 165 cm³/mol. The monoisotopic (exact) mass is 647 g/mol. The molecule has 3 N–H and O–H groups in total. The number of amides is 1. The second-order valence-electron chi connectivity index (χ2n) is 10.9. The van der Waals surface area contributed by atoms with E-state index in [1.54, 1.807) is 80.5 Å². The quantitative estimate of drug-likeness (QED) is 0.129. The number of H-pyrrole nitrogens is 1. The number of carbonyl (C=O) groups excluding carboxylic acids is 2. The second kappa shape index (κ2) is 13.7. The van der Waals surface area contributed by atoms with Crippen LogP contribution < -0.4 is 19.8 Å². The molecule has 0 aliphatic heterocycles. The SMILES string of the molecule is Cc1c[n+](-c2cc(NC(=O)c3ccc(C)c(Nc4nccc(-c5ccc[n+](COC(=O)OC(C)C)c5)n4)c3)cc(C(F)(F)F)c2)c[nH]1. The zero-order valence-corrected chi connectivity index (χ0v) is 25.9. The number of rotatable bonds is 9. The van der Waals surface area contributed by atoms with Gasteiger partial charge in [-0.3, -0.25) is 4.79 Å². The number of ether oxygens (including phenoxy) is 2. The van der Waals surface area contributed by atoms with E-state index < -0.39 is 23.8 Å². The first-order chi connectivity index (χ1) is 22.3. The molecule has 0 radical (unpaired) electrons. The summed E-state index contributed by atoms with van der Waals surface area (Å²) in [6, 6.07) is 13.6. The number of halogens is 3. The van der Waals surface area contributed by atoms with Gasteiger partial charge in [-0.05, 0) is 62.7 Å². The van der Waals surface area contributed by atoms with Crippen molar-refractivity contribution in [2.24, 2.45) is 0 Å². The Labute approximate surface area is 268 Å². The Hall–Kier alpha value is -5.79. The van der Waals surface area contributed by atoms with Gasteiger partial charge in [-0.2, -0.15) is 17.7 Å². The standard InChI is InChI=1S/C33H30F3N7O4/c1-20(2)47-32(45)46-19-42-11-5-6-24(17-42)28-9-10-37-31(40-28)41-29-12-23(8-7-21(29)3)30(44)39-26-13-25(33(34,35)36)14-27(15-26)43-16-22(4)38-18-43/h5-18,20H,19H2,1-4H3,(H-,37,39,40,41,44)/p+2. The Morgan fingerprint density at radius 3 is 2.57 bits per heavy atom. The lowest BCUT2D eigenvalue weighted by atomic mass is 10.1. The van der Waals surface area contributed by atoms with E-state index in [1.807, 2.05) is 13.0 Å². The summed E-state index contributed by atoms with van der Waals surface area (Å²) in [5.74, 6) is -0.353. The van der Waals surface area contributed by atoms with Crippen molar-refractivity contribution < 1.29 is 41.4 Å². The van der Waals surface area contributed by atoms with E-state index in [1.165, 1.54) is 17.0 Å². The number of alkyl halides is 3. The fourth-order valence-electron chi connectivity index (χ4n) is 4.51. The molecule has 242 valence electrons. The molecule has 0 unspecified atom stereocenters. The number of pyridine rings is 1. The summed E-state index contributed by atoms with van der Waals surface area (Å²) in [4.78, 5) is 36.8. The van der Waals surface area contributed by atoms with Gasteiger partial charge in [-0.1, -0.05) is 6.07 Å². The summed E-state index contributed by atoms with van der Waals surface area (Å²) in [7, 11) is 0. The lowest BCUT2D eigenvalue weighted by Crippen LogP contribution is -2.35. The summed E-state index contributed by atoms with van der Waals surface area (Å²) in [6.45, 7) is 7.00. The van der Waals surface area contributed by atoms with Crippen molar-refractivity contribution in [1.29, 1.82) is 0 Å². The highest BCUT2D eigenvalue weighted by atomic mass is 19.4. The Kier molecular flexibility index (Phi) is 9.49. The van der Waals surface area contributed by atoms with Crippen LogP contribution in [0.4, 0.5) is 35.3 Å². The van der Waals surface area contributed by atoms with Crippen LogP contribution in [-0.4, -0.2) is 33.1 Å². The average Bonchev–Trinajstić information content (AvgIpc) is 3.47. The number of carbonyl (C=O) groups is 2. The zero-order valence-electron chi connectivity index (χ0n) is 25.9. The molecule has 0 saturated carbocycles. The Morgan fingerprint density at radius 2 is 1.85 bits per heavy atom. The van der Waals surface area contributed by atoms with Crippen LogP contribution in [0.5, 0.6) is 0 Å². The van der Waals surface area contributed by atoms with Gasteiger partial charge in [-0.15, -0.1) is 0 Å². The Balaban J connectivity index is 1.33. The van der Waals surface area contributed by atoms with Crippen molar-refractivity contribution in [1.82, 2.24) is 15.0 Å². The van der Waals surface area contributed by atoms with Gasteiger partial charge < -0.3 is 20.1 Å². The number of benzene rings is 2. The van der Waals surface area contributed by atoms with E-state index in [0.29, 0.717) is 11.4 Å². The number of aromatic amines is 1. The largest absolute Gasteiger partial charge is 0.513 e. The Bertz CT molecular complexity index is 1920. The minimum Gasteiger partial charge on any atom is -0.431 e. The number of hydrogen-bond donors (Lipinski definition) is 3. The third-order valence-corrected chi connectivity index (χ3v) is 6.78. The van der Waals surface area contributed by atoms with Crippen LogP contribution >= 0.6 is 0 Å². The predicted octanol–water partition coefficient (Wildman–Crippen LogP) is 6.19. The van der Waals surface area contributed by atoms with Crippen LogP contribution in [0.2, 0.25) is 0 Å². The maximum absolute atomic E-state index is 13.7. The number of anilines is 3. The molecule has 11 nitrogen and oxygen atoms in total. The first-order valence-electron chi connectivity index (χ1n) is 14.5. The fourth-order valence-corrected chi connectivity index (χ4v) is 4.51. The van der Waals surface area contributed by atoms with Crippen LogP contribution in [0.3, 0.4) is 0 Å². The minimum absolute atomic E-state index is 0.0142. The van der Waals surface area contributed by atoms with Crippen molar-refractivity contribution in [3.05, 3.63) is 108 Å². The van der Waals surface area contributed by atoms with Gasteiger partial charge in [-0.25, -0.2) is 24.3 Å². The molecule has 1 amide bonds. The molecular weight excluding hydrogens is 615 g/mol. The topological polar surface area (TPSA) is 126 Å². The van der Waals surface area contributed by atoms with Crippen molar-refractivity contribution in [3.8, 4) is 16.9 Å². The molecule has 3 heterocycles. The minimum atomic E-state index is -4.62. The molecule has 5 aromatic rings. The summed E-state index contributed by atoms with van der Waals surface area (Å²) >= 11 is 0. The van der Waals surface area contributed by atoms with Crippen molar-refractivity contribution in [2.45, 2.75) is 46.7 Å². The van der Waals surface area contributed by atoms with Crippen molar-refractivity contribution >= 4 is 29.4 Å². The van der Waals surface area contributed by atoms with E-state index in [4.69, 9.17) is 9.47 Å². The highest BCUT2D eigenvalue weighted by Crippen LogP contribution is 2.32. The molecule has 0 saturated heterocycles. The highest BCUT2D eigenvalue weighted by Gasteiger charge is 2.32. The van der Waals surface area contributed by atoms with Crippen molar-refractivity contribution in [2.75, 3.05) is 10.6 Å². The summed E-state index contributed by atoms with van der Waals surface area (Å²) < 4.78 is 54.4. The molecule has 0 atom stereocenters. The van der Waals surface area contributed by atoms with Gasteiger partial charge in [0.25, 0.3) is 12.6 Å². The first kappa shape index (κ1) is 32.6. The smallest absolute Gasteiger partial charge is 0.431 e. The third-order valence-electron chi connectivity index (χ3n) is 6.78. The molecule has 3 aromatic heterocycles. The molecule has 14 heteroatoms. The van der Waals surface area contributed by atoms with E-state index in [0.717, 1.165) is 29.0 Å². The first-order valence-corrected chi connectivity index (χ1v) is 14.5. The van der Waals surface area contributed by atoms with E-state index >= 15 is 0 Å². The summed E-state index contributed by atoms with van der Waals surface area (Å²) in [5, 5.41) is 5.72. The number of nitrogens with one attached hydrogen (secondary N) is 3. The Morgan fingerprint density at radius 1 is 1.04 bits per heavy atom. The van der Waals surface area contributed by atoms with Gasteiger partial charge in [0, 0.05) is 42.2 Å². The van der Waals surface area contributed by atoms with Crippen LogP contribution in [0.25, 0.3) is 16.9 Å². The molecule has 0 aliphatic carbocycles. The highest BCUT2D eigenvalue weighted by molar-refractivity contribution is 6.05. The number of nitrogens with zero attached hydrogens (tertiary/aromatic N) is 4. The third kappa shape index (κ3) is 8.48. The van der Waals surface area contributed by atoms with Gasteiger partial charge in [0.15, 0.2) is 12.4 Å². The zero-order chi connectivity index (χ0) is 33.7. The maximum Gasteiger partial charge on any atom is 0.513 e. The normalized spacial score (nSPS) is 11.3. The molecule has 0 spiro atoms. The average molecular weight is 648 g/mol. The maximum atomic E-state index is 13.7. The molecule has 0 fully saturated rings. The summed E-state index contributed by atoms with van der Waals surface area (Å²) in [5.41, 5.74) is 2.87. The number of aryl methyl sites for hydroxylation is 2. The number of aromatic nitrogens is 5. The van der Waals surface area contributed by atoms with Crippen LogP contribution in [-0.2, 0) is 22.4 Å². The van der Waals surface area contributed by atoms with Gasteiger partial charge in [0.2, 0.25) is 12.3 Å². The molecule has 5 rings (SSSR count). The van der Waals surface area contributed by atoms with Crippen LogP contribution in [0.15, 0.2) is 85.7 Å². The molecular formula is C33H32F3N7O4+2. The fraction of sp³-hybridized carbons (Fsp3) is 0.212. The van der Waals surface area contributed by atoms with Gasteiger partial charge in [0.1, 0.15) is 17.6 Å². The molecule has 0 aliphatic rings. The van der Waals surface area contributed by atoms with E-state index in [-0.39, 0.29) is 35.7 Å². The van der Waals surface area contributed by atoms with E-state index in [9.17, 15) is 22.8 Å². The second-order valence-corrected chi connectivity index (χ2v) is 10.9. The summed E-state index contributed by atoms with van der Waals surface area (Å²) in [6.07, 6.45) is 2.53. The van der Waals surface area contributed by atoms with Gasteiger partial charge >= 0.3 is 12.3 Å². The van der Waals surface area contributed by atoms with Gasteiger partial charge in [0.05, 0.1) is 22.9 Å².